The molecule has 5 heteroatoms. The van der Waals surface area contributed by atoms with Crippen molar-refractivity contribution in [2.24, 2.45) is 0 Å². The summed E-state index contributed by atoms with van der Waals surface area (Å²) in [5, 5.41) is 0. The van der Waals surface area contributed by atoms with Crippen LogP contribution in [0.15, 0.2) is 0 Å². The summed E-state index contributed by atoms with van der Waals surface area (Å²) in [4.78, 5) is 13.4. The van der Waals surface area contributed by atoms with Gasteiger partial charge in [-0.1, -0.05) is 0 Å². The van der Waals surface area contributed by atoms with Crippen LogP contribution in [-0.2, 0) is 19.0 Å². The molecule has 5 nitrogen and oxygen atoms in total. The molecule has 1 heterocycles. The summed E-state index contributed by atoms with van der Waals surface area (Å²) >= 11 is 0. The number of carbonyl (C=O) groups is 1. The smallest absolute Gasteiger partial charge is 0.248 e. The number of methoxy groups -OCH3 is 2. The van der Waals surface area contributed by atoms with Crippen LogP contribution in [0.1, 0.15) is 6.42 Å². The molecule has 1 aliphatic rings. The Morgan fingerprint density at radius 3 is 2.80 bits per heavy atom. The molecule has 0 N–H and O–H groups in total. The molecule has 1 unspecified atom stereocenters. The maximum Gasteiger partial charge on any atom is 0.248 e. The van der Waals surface area contributed by atoms with E-state index in [2.05, 4.69) is 0 Å². The van der Waals surface area contributed by atoms with E-state index in [0.717, 1.165) is 13.0 Å². The van der Waals surface area contributed by atoms with E-state index in [0.29, 0.717) is 19.8 Å². The number of likely N-dealkylation sites (tertiary alicyclic amines) is 1. The average molecular weight is 217 g/mol. The zero-order valence-electron chi connectivity index (χ0n) is 9.40. The fourth-order valence-electron chi connectivity index (χ4n) is 1.54. The molecule has 0 spiro atoms. The molecule has 15 heavy (non-hydrogen) atoms. The van der Waals surface area contributed by atoms with Crippen molar-refractivity contribution in [1.29, 1.82) is 0 Å². The van der Waals surface area contributed by atoms with Crippen molar-refractivity contribution in [3.05, 3.63) is 0 Å². The molecule has 0 aromatic heterocycles. The zero-order chi connectivity index (χ0) is 11.1. The first-order valence-electron chi connectivity index (χ1n) is 5.15. The fraction of sp³-hybridized carbons (Fsp3) is 0.900. The van der Waals surface area contributed by atoms with Gasteiger partial charge in [0, 0.05) is 27.3 Å². The van der Waals surface area contributed by atoms with Crippen LogP contribution in [0.3, 0.4) is 0 Å². The quantitative estimate of drug-likeness (QED) is 0.583. The summed E-state index contributed by atoms with van der Waals surface area (Å²) in [6, 6.07) is 0. The second kappa shape index (κ2) is 6.76. The van der Waals surface area contributed by atoms with Crippen LogP contribution in [0.2, 0.25) is 0 Å². The van der Waals surface area contributed by atoms with Crippen molar-refractivity contribution in [2.45, 2.75) is 12.5 Å². The van der Waals surface area contributed by atoms with E-state index in [4.69, 9.17) is 14.2 Å². The predicted molar refractivity (Wildman–Crippen MR) is 54.7 cm³/mol. The largest absolute Gasteiger partial charge is 0.382 e. The van der Waals surface area contributed by atoms with Crippen molar-refractivity contribution in [2.75, 3.05) is 47.1 Å². The number of hydrogen-bond acceptors (Lipinski definition) is 4. The topological polar surface area (TPSA) is 48.0 Å². The average Bonchev–Trinajstić information content (AvgIpc) is 2.72. The van der Waals surface area contributed by atoms with E-state index in [9.17, 15) is 4.79 Å². The molecule has 0 aliphatic carbocycles. The monoisotopic (exact) mass is 217 g/mol. The van der Waals surface area contributed by atoms with Crippen molar-refractivity contribution < 1.29 is 19.0 Å². The van der Waals surface area contributed by atoms with Gasteiger partial charge in [0.05, 0.1) is 19.3 Å². The minimum absolute atomic E-state index is 0.0330. The first-order valence-corrected chi connectivity index (χ1v) is 5.15. The van der Waals surface area contributed by atoms with Crippen LogP contribution in [0.25, 0.3) is 0 Å². The van der Waals surface area contributed by atoms with Crippen molar-refractivity contribution in [3.8, 4) is 0 Å². The minimum atomic E-state index is 0.0330. The van der Waals surface area contributed by atoms with Gasteiger partial charge in [-0.25, -0.2) is 0 Å². The molecule has 1 atom stereocenters. The lowest BCUT2D eigenvalue weighted by Crippen LogP contribution is -2.33. The maximum atomic E-state index is 11.6. The molecular weight excluding hydrogens is 198 g/mol. The summed E-state index contributed by atoms with van der Waals surface area (Å²) in [7, 11) is 3.28. The lowest BCUT2D eigenvalue weighted by atomic mass is 10.3. The maximum absolute atomic E-state index is 11.6. The van der Waals surface area contributed by atoms with Gasteiger partial charge in [0.25, 0.3) is 0 Å². The molecule has 1 amide bonds. The third-order valence-corrected chi connectivity index (χ3v) is 2.49. The molecule has 1 rings (SSSR count). The molecule has 0 aromatic carbocycles. The molecule has 0 radical (unpaired) electrons. The van der Waals surface area contributed by atoms with Gasteiger partial charge in [-0.15, -0.1) is 0 Å². The number of hydrogen-bond donors (Lipinski definition) is 0. The Morgan fingerprint density at radius 2 is 2.20 bits per heavy atom. The standard InChI is InChI=1S/C10H19NO4/c1-13-5-6-15-8-10(12)11-4-3-9(7-11)14-2/h9H,3-8H2,1-2H3. The molecule has 88 valence electrons. The zero-order valence-corrected chi connectivity index (χ0v) is 9.40. The lowest BCUT2D eigenvalue weighted by Gasteiger charge is -2.15. The number of amides is 1. The molecular formula is C10H19NO4. The van der Waals surface area contributed by atoms with Crippen LogP contribution >= 0.6 is 0 Å². The SMILES string of the molecule is COCCOCC(=O)N1CCC(OC)C1. The number of nitrogens with zero attached hydrogens (tertiary/aromatic N) is 1. The highest BCUT2D eigenvalue weighted by molar-refractivity contribution is 5.77. The van der Waals surface area contributed by atoms with E-state index >= 15 is 0 Å². The van der Waals surface area contributed by atoms with Gasteiger partial charge in [-0.2, -0.15) is 0 Å². The Morgan fingerprint density at radius 1 is 1.40 bits per heavy atom. The van der Waals surface area contributed by atoms with E-state index in [1.165, 1.54) is 0 Å². The molecule has 0 bridgehead atoms. The van der Waals surface area contributed by atoms with Crippen molar-refractivity contribution in [1.82, 2.24) is 4.90 Å². The summed E-state index contributed by atoms with van der Waals surface area (Å²) < 4.78 is 15.2. The molecule has 1 saturated heterocycles. The van der Waals surface area contributed by atoms with Gasteiger partial charge in [-0.05, 0) is 6.42 Å². The van der Waals surface area contributed by atoms with Gasteiger partial charge >= 0.3 is 0 Å². The fourth-order valence-corrected chi connectivity index (χ4v) is 1.54. The first-order chi connectivity index (χ1) is 7.27. The number of rotatable bonds is 6. The Bertz CT molecular complexity index is 198. The second-order valence-electron chi connectivity index (χ2n) is 3.53. The summed E-state index contributed by atoms with van der Waals surface area (Å²) in [6.45, 7) is 2.57. The highest BCUT2D eigenvalue weighted by atomic mass is 16.5. The summed E-state index contributed by atoms with van der Waals surface area (Å²) in [6.07, 6.45) is 1.10. The van der Waals surface area contributed by atoms with E-state index in [-0.39, 0.29) is 18.6 Å². The summed E-state index contributed by atoms with van der Waals surface area (Å²) in [5.41, 5.74) is 0. The predicted octanol–water partition coefficient (Wildman–Crippen LogP) is -0.103. The van der Waals surface area contributed by atoms with Crippen molar-refractivity contribution in [3.63, 3.8) is 0 Å². The van der Waals surface area contributed by atoms with Gasteiger partial charge in [0.2, 0.25) is 5.91 Å². The van der Waals surface area contributed by atoms with Crippen LogP contribution in [0.4, 0.5) is 0 Å². The van der Waals surface area contributed by atoms with Crippen molar-refractivity contribution >= 4 is 5.91 Å². The van der Waals surface area contributed by atoms with E-state index < -0.39 is 0 Å². The minimum Gasteiger partial charge on any atom is -0.382 e. The van der Waals surface area contributed by atoms with Gasteiger partial charge in [0.1, 0.15) is 6.61 Å². The molecule has 0 saturated carbocycles. The van der Waals surface area contributed by atoms with E-state index in [1.54, 1.807) is 19.1 Å². The molecule has 0 aromatic rings. The van der Waals surface area contributed by atoms with Crippen LogP contribution in [0.5, 0.6) is 0 Å². The van der Waals surface area contributed by atoms with Gasteiger partial charge in [0.15, 0.2) is 0 Å². The number of carbonyl (C=O) groups excluding carboxylic acids is 1. The summed E-state index contributed by atoms with van der Waals surface area (Å²) in [5.74, 6) is 0.0330. The lowest BCUT2D eigenvalue weighted by molar-refractivity contribution is -0.135. The Balaban J connectivity index is 2.12. The Kier molecular flexibility index (Phi) is 5.60. The second-order valence-corrected chi connectivity index (χ2v) is 3.53. The van der Waals surface area contributed by atoms with Crippen LogP contribution in [0, 0.1) is 0 Å². The molecule has 1 fully saturated rings. The third-order valence-electron chi connectivity index (χ3n) is 2.49. The first kappa shape index (κ1) is 12.4. The highest BCUT2D eigenvalue weighted by Gasteiger charge is 2.25. The van der Waals surface area contributed by atoms with Crippen LogP contribution in [-0.4, -0.2) is 64.0 Å². The normalized spacial score (nSPS) is 20.9. The Hall–Kier alpha value is -0.650. The Labute approximate surface area is 90.3 Å². The third kappa shape index (κ3) is 4.15. The van der Waals surface area contributed by atoms with Gasteiger partial charge < -0.3 is 19.1 Å². The number of ether oxygens (including phenoxy) is 3. The van der Waals surface area contributed by atoms with E-state index in [1.807, 2.05) is 0 Å². The van der Waals surface area contributed by atoms with Gasteiger partial charge in [-0.3, -0.25) is 4.79 Å². The van der Waals surface area contributed by atoms with Crippen LogP contribution < -0.4 is 0 Å². The highest BCUT2D eigenvalue weighted by Crippen LogP contribution is 2.11. The molecule has 1 aliphatic heterocycles.